The van der Waals surface area contributed by atoms with Gasteiger partial charge in [-0.2, -0.15) is 0 Å². The highest BCUT2D eigenvalue weighted by molar-refractivity contribution is 5.84. The number of fused-ring (bicyclic) bond motifs is 3. The van der Waals surface area contributed by atoms with Gasteiger partial charge in [-0.25, -0.2) is 9.59 Å². The van der Waals surface area contributed by atoms with Crippen LogP contribution in [-0.4, -0.2) is 41.8 Å². The second kappa shape index (κ2) is 10.3. The minimum absolute atomic E-state index is 0.0151. The van der Waals surface area contributed by atoms with Crippen molar-refractivity contribution in [3.05, 3.63) is 59.7 Å². The van der Waals surface area contributed by atoms with Crippen LogP contribution in [0.4, 0.5) is 4.79 Å². The van der Waals surface area contributed by atoms with Crippen molar-refractivity contribution < 1.29 is 24.2 Å². The molecule has 7 heteroatoms. The van der Waals surface area contributed by atoms with Crippen molar-refractivity contribution in [1.82, 2.24) is 10.6 Å². The van der Waals surface area contributed by atoms with E-state index in [0.29, 0.717) is 6.42 Å². The summed E-state index contributed by atoms with van der Waals surface area (Å²) in [6.07, 6.45) is 2.08. The molecule has 0 bridgehead atoms. The summed E-state index contributed by atoms with van der Waals surface area (Å²) in [5.74, 6) is -1.34. The Morgan fingerprint density at radius 3 is 2.21 bits per heavy atom. The van der Waals surface area contributed by atoms with Gasteiger partial charge in [0.25, 0.3) is 0 Å². The molecule has 7 nitrogen and oxygen atoms in total. The zero-order chi connectivity index (χ0) is 24.2. The van der Waals surface area contributed by atoms with Gasteiger partial charge in [0.05, 0.1) is 0 Å². The average molecular weight is 465 g/mol. The first-order chi connectivity index (χ1) is 16.3. The summed E-state index contributed by atoms with van der Waals surface area (Å²) in [6, 6.07) is 15.5. The predicted octanol–water partition coefficient (Wildman–Crippen LogP) is 4.31. The van der Waals surface area contributed by atoms with Crippen LogP contribution in [0.3, 0.4) is 0 Å². The van der Waals surface area contributed by atoms with Crippen molar-refractivity contribution in [2.24, 2.45) is 11.8 Å². The molecule has 0 aromatic heterocycles. The van der Waals surface area contributed by atoms with Crippen molar-refractivity contribution in [2.45, 2.75) is 57.5 Å². The zero-order valence-corrected chi connectivity index (χ0v) is 19.6. The SMILES string of the molecule is CC(C)[C@@H](NC(=O)C[C@@H]1CC[C@H](NC(=O)OCC2c3ccccc3-c3ccccc32)C1)C(=O)O. The number of carboxylic acids is 1. The molecule has 34 heavy (non-hydrogen) atoms. The van der Waals surface area contributed by atoms with Crippen molar-refractivity contribution in [3.8, 4) is 11.1 Å². The number of carbonyl (C=O) groups excluding carboxylic acids is 2. The summed E-state index contributed by atoms with van der Waals surface area (Å²) < 4.78 is 5.63. The number of carbonyl (C=O) groups is 3. The molecule has 180 valence electrons. The van der Waals surface area contributed by atoms with Gasteiger partial charge in [-0.05, 0) is 53.4 Å². The fourth-order valence-corrected chi connectivity index (χ4v) is 5.21. The standard InChI is InChI=1S/C27H32N2O5/c1-16(2)25(26(31)32)29-24(30)14-17-11-12-18(13-17)28-27(33)34-15-23-21-9-5-3-7-19(21)20-8-4-6-10-22(20)23/h3-10,16-18,23,25H,11-15H2,1-2H3,(H,28,33)(H,29,30)(H,31,32)/t17-,18+,25-/m1/s1. The van der Waals surface area contributed by atoms with Gasteiger partial charge >= 0.3 is 12.1 Å². The zero-order valence-electron chi connectivity index (χ0n) is 19.6. The summed E-state index contributed by atoms with van der Waals surface area (Å²) in [4.78, 5) is 36.1. The Hall–Kier alpha value is -3.35. The van der Waals surface area contributed by atoms with Crippen molar-refractivity contribution in [2.75, 3.05) is 6.61 Å². The molecule has 2 aliphatic rings. The lowest BCUT2D eigenvalue weighted by Crippen LogP contribution is -2.44. The summed E-state index contributed by atoms with van der Waals surface area (Å²) in [6.45, 7) is 3.80. The van der Waals surface area contributed by atoms with Crippen molar-refractivity contribution >= 4 is 18.0 Å². The Kier molecular flexibility index (Phi) is 7.20. The number of hydrogen-bond donors (Lipinski definition) is 3. The number of hydrogen-bond acceptors (Lipinski definition) is 4. The lowest BCUT2D eigenvalue weighted by molar-refractivity contribution is -0.143. The van der Waals surface area contributed by atoms with E-state index in [0.717, 1.165) is 12.8 Å². The Morgan fingerprint density at radius 2 is 1.62 bits per heavy atom. The van der Waals surface area contributed by atoms with Crippen molar-refractivity contribution in [1.29, 1.82) is 0 Å². The number of nitrogens with one attached hydrogen (secondary N) is 2. The van der Waals surface area contributed by atoms with E-state index in [9.17, 15) is 19.5 Å². The Bertz CT molecular complexity index is 1020. The molecule has 3 atom stereocenters. The van der Waals surface area contributed by atoms with Gasteiger partial charge in [-0.3, -0.25) is 4.79 Å². The molecule has 0 radical (unpaired) electrons. The molecule has 2 aromatic rings. The molecular formula is C27H32N2O5. The smallest absolute Gasteiger partial charge is 0.407 e. The van der Waals surface area contributed by atoms with Gasteiger partial charge in [-0.1, -0.05) is 62.4 Å². The fraction of sp³-hybridized carbons (Fsp3) is 0.444. The topological polar surface area (TPSA) is 105 Å². The number of ether oxygens (including phenoxy) is 1. The third-order valence-corrected chi connectivity index (χ3v) is 6.93. The number of amides is 2. The molecule has 1 fully saturated rings. The summed E-state index contributed by atoms with van der Waals surface area (Å²) in [5, 5.41) is 14.8. The molecule has 1 saturated carbocycles. The highest BCUT2D eigenvalue weighted by Gasteiger charge is 2.32. The van der Waals surface area contributed by atoms with Crippen LogP contribution in [0, 0.1) is 11.8 Å². The number of benzene rings is 2. The molecule has 0 saturated heterocycles. The molecule has 4 rings (SSSR count). The molecule has 0 spiro atoms. The third-order valence-electron chi connectivity index (χ3n) is 6.93. The van der Waals surface area contributed by atoms with E-state index in [-0.39, 0.29) is 42.7 Å². The molecule has 2 aromatic carbocycles. The maximum atomic E-state index is 12.5. The quantitative estimate of drug-likeness (QED) is 0.540. The maximum absolute atomic E-state index is 12.5. The summed E-state index contributed by atoms with van der Waals surface area (Å²) in [7, 11) is 0. The minimum atomic E-state index is -1.02. The first-order valence-electron chi connectivity index (χ1n) is 12.0. The molecule has 2 amide bonds. The van der Waals surface area contributed by atoms with E-state index < -0.39 is 18.1 Å². The second-order valence-electron chi connectivity index (χ2n) is 9.68. The van der Waals surface area contributed by atoms with Crippen LogP contribution in [0.2, 0.25) is 0 Å². The van der Waals surface area contributed by atoms with Gasteiger partial charge < -0.3 is 20.5 Å². The first-order valence-corrected chi connectivity index (χ1v) is 12.0. The number of carboxylic acid groups (broad SMARTS) is 1. The lowest BCUT2D eigenvalue weighted by Gasteiger charge is -2.19. The van der Waals surface area contributed by atoms with Gasteiger partial charge in [0.1, 0.15) is 12.6 Å². The van der Waals surface area contributed by atoms with Crippen LogP contribution in [0.15, 0.2) is 48.5 Å². The fourth-order valence-electron chi connectivity index (χ4n) is 5.21. The van der Waals surface area contributed by atoms with Crippen LogP contribution in [0.5, 0.6) is 0 Å². The summed E-state index contributed by atoms with van der Waals surface area (Å²) >= 11 is 0. The van der Waals surface area contributed by atoms with E-state index in [1.165, 1.54) is 22.3 Å². The highest BCUT2D eigenvalue weighted by atomic mass is 16.5. The number of rotatable bonds is 8. The number of alkyl carbamates (subject to hydrolysis) is 1. The maximum Gasteiger partial charge on any atom is 0.407 e. The van der Waals surface area contributed by atoms with Crippen LogP contribution in [0.25, 0.3) is 11.1 Å². The van der Waals surface area contributed by atoms with Crippen LogP contribution in [0.1, 0.15) is 56.6 Å². The van der Waals surface area contributed by atoms with Gasteiger partial charge in [0, 0.05) is 18.4 Å². The minimum Gasteiger partial charge on any atom is -0.480 e. The Morgan fingerprint density at radius 1 is 1.00 bits per heavy atom. The van der Waals surface area contributed by atoms with Crippen LogP contribution in [-0.2, 0) is 14.3 Å². The third kappa shape index (κ3) is 5.24. The first kappa shape index (κ1) is 23.8. The highest BCUT2D eigenvalue weighted by Crippen LogP contribution is 2.44. The monoisotopic (exact) mass is 464 g/mol. The van der Waals surface area contributed by atoms with E-state index in [1.807, 2.05) is 24.3 Å². The second-order valence-corrected chi connectivity index (χ2v) is 9.68. The average Bonchev–Trinajstić information content (AvgIpc) is 3.37. The molecule has 3 N–H and O–H groups in total. The normalized spacial score (nSPS) is 19.9. The predicted molar refractivity (Wildman–Crippen MR) is 128 cm³/mol. The van der Waals surface area contributed by atoms with E-state index in [1.54, 1.807) is 13.8 Å². The molecule has 0 unspecified atom stereocenters. The lowest BCUT2D eigenvalue weighted by atomic mass is 9.98. The van der Waals surface area contributed by atoms with Crippen LogP contribution >= 0.6 is 0 Å². The van der Waals surface area contributed by atoms with Gasteiger partial charge in [0.15, 0.2) is 0 Å². The van der Waals surface area contributed by atoms with E-state index in [4.69, 9.17) is 4.74 Å². The summed E-state index contributed by atoms with van der Waals surface area (Å²) in [5.41, 5.74) is 4.72. The Labute approximate surface area is 199 Å². The van der Waals surface area contributed by atoms with Crippen LogP contribution < -0.4 is 10.6 Å². The van der Waals surface area contributed by atoms with E-state index in [2.05, 4.69) is 34.9 Å². The molecule has 0 heterocycles. The Balaban J connectivity index is 1.26. The number of aliphatic carboxylic acids is 1. The van der Waals surface area contributed by atoms with Gasteiger partial charge in [-0.15, -0.1) is 0 Å². The molecule has 0 aliphatic heterocycles. The largest absolute Gasteiger partial charge is 0.480 e. The van der Waals surface area contributed by atoms with E-state index >= 15 is 0 Å². The van der Waals surface area contributed by atoms with Gasteiger partial charge in [0.2, 0.25) is 5.91 Å². The molecule has 2 aliphatic carbocycles. The van der Waals surface area contributed by atoms with Crippen molar-refractivity contribution in [3.63, 3.8) is 0 Å². The molecular weight excluding hydrogens is 432 g/mol.